The quantitative estimate of drug-likeness (QED) is 0.419. The largest absolute Gasteiger partial charge is 0.504 e. The van der Waals surface area contributed by atoms with Gasteiger partial charge < -0.3 is 35.2 Å². The summed E-state index contributed by atoms with van der Waals surface area (Å²) >= 11 is 0. The number of ether oxygens (including phenoxy) is 2. The van der Waals surface area contributed by atoms with E-state index in [-0.39, 0.29) is 29.6 Å². The standard InChI is InChI=1S/C14H13NO7.C5H5N/c16-6-1-5-4-2-7-13(22-3-21-7)11(18)8(4)14(20)15-9(5)12(19)10(6)17;1-2-4-6-5-3-1/h1-2,6,9-10,12,16-19H,3H2,(H,15,20);1-5H/t6-,9+,10+,12-;/m0./s1. The maximum atomic E-state index is 12.2. The number of phenolic OH excluding ortho intramolecular Hbond substituents is 1. The lowest BCUT2D eigenvalue weighted by Gasteiger charge is -2.39. The number of aromatic nitrogens is 1. The molecule has 5 rings (SSSR count). The molecule has 1 amide bonds. The normalized spacial score (nSPS) is 26.8. The van der Waals surface area contributed by atoms with E-state index in [0.29, 0.717) is 11.1 Å². The third-order valence-electron chi connectivity index (χ3n) is 4.76. The van der Waals surface area contributed by atoms with Crippen LogP contribution in [0.15, 0.2) is 42.7 Å². The molecule has 146 valence electrons. The molecule has 4 atom stereocenters. The molecule has 1 aromatic heterocycles. The van der Waals surface area contributed by atoms with E-state index in [2.05, 4.69) is 10.3 Å². The summed E-state index contributed by atoms with van der Waals surface area (Å²) in [6.07, 6.45) is 0.802. The summed E-state index contributed by atoms with van der Waals surface area (Å²) in [5, 5.41) is 42.4. The Balaban J connectivity index is 0.000000275. The van der Waals surface area contributed by atoms with Crippen molar-refractivity contribution in [3.8, 4) is 17.2 Å². The van der Waals surface area contributed by atoms with Gasteiger partial charge in [-0.2, -0.15) is 0 Å². The van der Waals surface area contributed by atoms with Crippen molar-refractivity contribution < 1.29 is 34.7 Å². The van der Waals surface area contributed by atoms with Crippen LogP contribution in [0, 0.1) is 0 Å². The average Bonchev–Trinajstić information content (AvgIpc) is 3.18. The number of carbonyl (C=O) groups is 1. The number of phenols is 1. The van der Waals surface area contributed by atoms with Gasteiger partial charge in [-0.3, -0.25) is 9.78 Å². The minimum Gasteiger partial charge on any atom is -0.504 e. The molecule has 0 saturated carbocycles. The number of fused-ring (bicyclic) bond motifs is 4. The summed E-state index contributed by atoms with van der Waals surface area (Å²) in [5.41, 5.74) is 0.733. The number of aromatic hydroxyl groups is 1. The van der Waals surface area contributed by atoms with E-state index < -0.39 is 30.3 Å². The lowest BCUT2D eigenvalue weighted by atomic mass is 9.79. The van der Waals surface area contributed by atoms with Crippen LogP contribution in [0.1, 0.15) is 15.9 Å². The maximum absolute atomic E-state index is 12.2. The molecule has 28 heavy (non-hydrogen) atoms. The third-order valence-corrected chi connectivity index (χ3v) is 4.76. The monoisotopic (exact) mass is 386 g/mol. The topological polar surface area (TPSA) is 141 Å². The number of aliphatic hydroxyl groups excluding tert-OH is 3. The fourth-order valence-electron chi connectivity index (χ4n) is 3.40. The van der Waals surface area contributed by atoms with Gasteiger partial charge in [0.25, 0.3) is 5.91 Å². The molecule has 5 N–H and O–H groups in total. The fourth-order valence-corrected chi connectivity index (χ4v) is 3.40. The van der Waals surface area contributed by atoms with E-state index in [4.69, 9.17) is 9.47 Å². The highest BCUT2D eigenvalue weighted by Crippen LogP contribution is 2.48. The van der Waals surface area contributed by atoms with Gasteiger partial charge in [-0.25, -0.2) is 0 Å². The number of hydrogen-bond acceptors (Lipinski definition) is 8. The number of carbonyl (C=O) groups excluding carboxylic acids is 1. The number of nitrogens with one attached hydrogen (secondary N) is 1. The number of nitrogens with zero attached hydrogens (tertiary/aromatic N) is 1. The SMILES string of the molecule is O=C1N[C@@H]2C(=C[C@H](O)[C@@H](O)[C@H]2O)c2cc3c(c(O)c21)OCO3.c1ccncc1. The van der Waals surface area contributed by atoms with Gasteiger partial charge >= 0.3 is 0 Å². The molecule has 0 radical (unpaired) electrons. The molecule has 0 spiro atoms. The molecule has 1 aliphatic carbocycles. The van der Waals surface area contributed by atoms with E-state index in [1.165, 1.54) is 12.1 Å². The zero-order valence-electron chi connectivity index (χ0n) is 14.5. The van der Waals surface area contributed by atoms with Gasteiger partial charge in [0.1, 0.15) is 18.3 Å². The predicted molar refractivity (Wildman–Crippen MR) is 95.7 cm³/mol. The second-order valence-electron chi connectivity index (χ2n) is 6.45. The van der Waals surface area contributed by atoms with Crippen molar-refractivity contribution in [1.82, 2.24) is 10.3 Å². The van der Waals surface area contributed by atoms with Crippen LogP contribution in [0.3, 0.4) is 0 Å². The average molecular weight is 386 g/mol. The first kappa shape index (κ1) is 18.2. The second-order valence-corrected chi connectivity index (χ2v) is 6.45. The van der Waals surface area contributed by atoms with Crippen molar-refractivity contribution in [2.75, 3.05) is 6.79 Å². The van der Waals surface area contributed by atoms with Gasteiger partial charge in [0, 0.05) is 18.0 Å². The van der Waals surface area contributed by atoms with Crippen LogP contribution in [0.5, 0.6) is 17.2 Å². The summed E-state index contributed by atoms with van der Waals surface area (Å²) in [7, 11) is 0. The first-order valence-electron chi connectivity index (χ1n) is 8.56. The van der Waals surface area contributed by atoms with Gasteiger partial charge in [-0.1, -0.05) is 6.07 Å². The highest BCUT2D eigenvalue weighted by atomic mass is 16.7. The molecule has 0 saturated heterocycles. The lowest BCUT2D eigenvalue weighted by Crippen LogP contribution is -2.57. The van der Waals surface area contributed by atoms with Crippen molar-refractivity contribution in [1.29, 1.82) is 0 Å². The molecule has 3 heterocycles. The Morgan fingerprint density at radius 1 is 1.07 bits per heavy atom. The van der Waals surface area contributed by atoms with Crippen molar-refractivity contribution in [2.24, 2.45) is 0 Å². The summed E-state index contributed by atoms with van der Waals surface area (Å²) in [6, 6.07) is 6.36. The molecule has 9 heteroatoms. The number of pyridine rings is 1. The molecule has 0 bridgehead atoms. The molecule has 0 unspecified atom stereocenters. The zero-order valence-corrected chi connectivity index (χ0v) is 14.5. The molecular formula is C19H18N2O7. The third kappa shape index (κ3) is 2.95. The van der Waals surface area contributed by atoms with Gasteiger partial charge in [0.15, 0.2) is 11.5 Å². The second kappa shape index (κ2) is 7.12. The number of hydrogen-bond donors (Lipinski definition) is 5. The van der Waals surface area contributed by atoms with Crippen molar-refractivity contribution in [2.45, 2.75) is 24.4 Å². The minimum absolute atomic E-state index is 0.0115. The smallest absolute Gasteiger partial charge is 0.256 e. The molecule has 2 aromatic rings. The van der Waals surface area contributed by atoms with Gasteiger partial charge in [0.05, 0.1) is 11.6 Å². The zero-order chi connectivity index (χ0) is 19.8. The Bertz CT molecular complexity index is 905. The van der Waals surface area contributed by atoms with Gasteiger partial charge in [0.2, 0.25) is 12.5 Å². The summed E-state index contributed by atoms with van der Waals surface area (Å²) < 4.78 is 10.3. The van der Waals surface area contributed by atoms with E-state index >= 15 is 0 Å². The van der Waals surface area contributed by atoms with Gasteiger partial charge in [-0.05, 0) is 29.8 Å². The van der Waals surface area contributed by atoms with E-state index in [9.17, 15) is 25.2 Å². The number of aliphatic hydroxyl groups is 3. The number of amides is 1. The van der Waals surface area contributed by atoms with Crippen molar-refractivity contribution in [3.05, 3.63) is 53.9 Å². The Labute approximate surface area is 159 Å². The van der Waals surface area contributed by atoms with Crippen LogP contribution in [0.25, 0.3) is 5.57 Å². The van der Waals surface area contributed by atoms with Crippen molar-refractivity contribution >= 4 is 11.5 Å². The van der Waals surface area contributed by atoms with E-state index in [1.54, 1.807) is 12.4 Å². The molecular weight excluding hydrogens is 368 g/mol. The molecule has 2 aliphatic heterocycles. The molecule has 1 aromatic carbocycles. The first-order valence-corrected chi connectivity index (χ1v) is 8.56. The Morgan fingerprint density at radius 2 is 1.82 bits per heavy atom. The Morgan fingerprint density at radius 3 is 2.46 bits per heavy atom. The number of rotatable bonds is 0. The van der Waals surface area contributed by atoms with Gasteiger partial charge in [-0.15, -0.1) is 0 Å². The Hall–Kier alpha value is -3.14. The molecule has 9 nitrogen and oxygen atoms in total. The lowest BCUT2D eigenvalue weighted by molar-refractivity contribution is -0.0535. The van der Waals surface area contributed by atoms with Crippen LogP contribution >= 0.6 is 0 Å². The maximum Gasteiger partial charge on any atom is 0.256 e. The summed E-state index contributed by atoms with van der Waals surface area (Å²) in [6.45, 7) is -0.0696. The van der Waals surface area contributed by atoms with Crippen LogP contribution in [-0.2, 0) is 0 Å². The highest BCUT2D eigenvalue weighted by molar-refractivity contribution is 6.07. The fraction of sp³-hybridized carbons (Fsp3) is 0.263. The van der Waals surface area contributed by atoms with Crippen LogP contribution in [-0.4, -0.2) is 62.5 Å². The van der Waals surface area contributed by atoms with E-state index in [1.807, 2.05) is 18.2 Å². The number of benzene rings is 1. The van der Waals surface area contributed by atoms with Crippen LogP contribution < -0.4 is 14.8 Å². The summed E-state index contributed by atoms with van der Waals surface area (Å²) in [4.78, 5) is 16.0. The summed E-state index contributed by atoms with van der Waals surface area (Å²) in [5.74, 6) is -0.585. The van der Waals surface area contributed by atoms with Crippen LogP contribution in [0.2, 0.25) is 0 Å². The van der Waals surface area contributed by atoms with Crippen molar-refractivity contribution in [3.63, 3.8) is 0 Å². The highest BCUT2D eigenvalue weighted by Gasteiger charge is 2.44. The first-order chi connectivity index (χ1) is 13.5. The minimum atomic E-state index is -1.40. The predicted octanol–water partition coefficient (Wildman–Crippen LogP) is -0.206. The molecule has 3 aliphatic rings. The van der Waals surface area contributed by atoms with E-state index in [0.717, 1.165) is 0 Å². The van der Waals surface area contributed by atoms with Crippen LogP contribution in [0.4, 0.5) is 0 Å². The molecule has 0 fully saturated rings. The Kier molecular flexibility index (Phi) is 4.63.